The van der Waals surface area contributed by atoms with Gasteiger partial charge in [-0.3, -0.25) is 0 Å². The number of nitrogens with zero attached hydrogens (tertiary/aromatic N) is 1. The highest BCUT2D eigenvalue weighted by Gasteiger charge is 2.09. The van der Waals surface area contributed by atoms with Crippen LogP contribution in [-0.2, 0) is 13.0 Å². The largest absolute Gasteiger partial charge is 0.331 e. The molecule has 0 radical (unpaired) electrons. The van der Waals surface area contributed by atoms with Gasteiger partial charge >= 0.3 is 0 Å². The van der Waals surface area contributed by atoms with Gasteiger partial charge in [-0.15, -0.1) is 0 Å². The van der Waals surface area contributed by atoms with E-state index >= 15 is 0 Å². The van der Waals surface area contributed by atoms with Gasteiger partial charge in [-0.25, -0.2) is 8.78 Å². The number of benzene rings is 2. The Kier molecular flexibility index (Phi) is 3.78. The van der Waals surface area contributed by atoms with Crippen LogP contribution >= 0.6 is 23.8 Å². The molecule has 1 aromatic heterocycles. The molecular weight excluding hydrogens is 314 g/mol. The van der Waals surface area contributed by atoms with Crippen molar-refractivity contribution in [1.82, 2.24) is 9.55 Å². The molecule has 6 heteroatoms. The minimum Gasteiger partial charge on any atom is -0.331 e. The zero-order valence-corrected chi connectivity index (χ0v) is 12.4. The predicted octanol–water partition coefficient (Wildman–Crippen LogP) is 4.87. The molecule has 0 aliphatic carbocycles. The van der Waals surface area contributed by atoms with Crippen LogP contribution in [0.3, 0.4) is 0 Å². The van der Waals surface area contributed by atoms with Crippen molar-refractivity contribution in [3.8, 4) is 0 Å². The average Bonchev–Trinajstić information content (AvgIpc) is 2.74. The van der Waals surface area contributed by atoms with Crippen molar-refractivity contribution in [3.63, 3.8) is 0 Å². The Morgan fingerprint density at radius 3 is 2.57 bits per heavy atom. The standard InChI is InChI=1S/C15H11ClF2N2S/c16-11-7-13-14(8-12(11)18)20(15(21)19-13)6-5-9-1-3-10(17)4-2-9/h1-4,7-8H,5-6H2,(H,19,21). The van der Waals surface area contributed by atoms with Gasteiger partial charge in [0.25, 0.3) is 0 Å². The van der Waals surface area contributed by atoms with E-state index in [0.29, 0.717) is 28.8 Å². The molecule has 3 aromatic rings. The summed E-state index contributed by atoms with van der Waals surface area (Å²) in [5.74, 6) is -0.743. The molecular formula is C15H11ClF2N2S. The number of H-pyrrole nitrogens is 1. The Morgan fingerprint density at radius 2 is 1.86 bits per heavy atom. The SMILES string of the molecule is Fc1ccc(CCn2c(=S)[nH]c3cc(Cl)c(F)cc32)cc1. The second-order valence-corrected chi connectivity index (χ2v) is 5.54. The van der Waals surface area contributed by atoms with Gasteiger partial charge in [-0.2, -0.15) is 0 Å². The van der Waals surface area contributed by atoms with Gasteiger partial charge in [0.15, 0.2) is 4.77 Å². The zero-order chi connectivity index (χ0) is 15.0. The number of hydrogen-bond donors (Lipinski definition) is 1. The first-order valence-electron chi connectivity index (χ1n) is 6.36. The van der Waals surface area contributed by atoms with Gasteiger partial charge in [0.05, 0.1) is 16.1 Å². The maximum Gasteiger partial charge on any atom is 0.178 e. The zero-order valence-electron chi connectivity index (χ0n) is 10.9. The Labute approximate surface area is 130 Å². The van der Waals surface area contributed by atoms with Crippen molar-refractivity contribution < 1.29 is 8.78 Å². The van der Waals surface area contributed by atoms with E-state index < -0.39 is 5.82 Å². The van der Waals surface area contributed by atoms with Crippen molar-refractivity contribution in [1.29, 1.82) is 0 Å². The van der Waals surface area contributed by atoms with Crippen LogP contribution in [0.1, 0.15) is 5.56 Å². The van der Waals surface area contributed by atoms with E-state index in [4.69, 9.17) is 23.8 Å². The Hall–Kier alpha value is -1.72. The summed E-state index contributed by atoms with van der Waals surface area (Å²) < 4.78 is 28.8. The molecule has 0 spiro atoms. The Morgan fingerprint density at radius 1 is 1.14 bits per heavy atom. The van der Waals surface area contributed by atoms with Gasteiger partial charge in [0.2, 0.25) is 0 Å². The molecule has 1 N–H and O–H groups in total. The lowest BCUT2D eigenvalue weighted by atomic mass is 10.1. The first-order valence-corrected chi connectivity index (χ1v) is 7.15. The Balaban J connectivity index is 1.93. The quantitative estimate of drug-likeness (QED) is 0.681. The molecule has 21 heavy (non-hydrogen) atoms. The average molecular weight is 325 g/mol. The van der Waals surface area contributed by atoms with Crippen LogP contribution in [0.5, 0.6) is 0 Å². The molecule has 3 rings (SSSR count). The minimum atomic E-state index is -0.478. The van der Waals surface area contributed by atoms with Crippen LogP contribution in [0.25, 0.3) is 11.0 Å². The summed E-state index contributed by atoms with van der Waals surface area (Å²) in [6.45, 7) is 0.575. The number of aromatic nitrogens is 2. The summed E-state index contributed by atoms with van der Waals surface area (Å²) in [6, 6.07) is 9.19. The monoisotopic (exact) mass is 324 g/mol. The smallest absolute Gasteiger partial charge is 0.178 e. The summed E-state index contributed by atoms with van der Waals surface area (Å²) in [5.41, 5.74) is 2.36. The highest BCUT2D eigenvalue weighted by molar-refractivity contribution is 7.71. The van der Waals surface area contributed by atoms with Crippen molar-refractivity contribution in [3.05, 3.63) is 63.4 Å². The molecule has 1 heterocycles. The van der Waals surface area contributed by atoms with E-state index in [1.54, 1.807) is 12.1 Å². The minimum absolute atomic E-state index is 0.0597. The molecule has 0 saturated carbocycles. The molecule has 0 bridgehead atoms. The fourth-order valence-corrected chi connectivity index (χ4v) is 2.73. The molecule has 0 aliphatic heterocycles. The van der Waals surface area contributed by atoms with Crippen molar-refractivity contribution >= 4 is 34.9 Å². The van der Waals surface area contributed by atoms with Gasteiger partial charge in [-0.05, 0) is 42.4 Å². The van der Waals surface area contributed by atoms with E-state index in [1.165, 1.54) is 24.3 Å². The Bertz CT molecular complexity index is 852. The summed E-state index contributed by atoms with van der Waals surface area (Å²) in [7, 11) is 0. The van der Waals surface area contributed by atoms with Crippen molar-refractivity contribution in [2.24, 2.45) is 0 Å². The summed E-state index contributed by atoms with van der Waals surface area (Å²) in [4.78, 5) is 3.01. The van der Waals surface area contributed by atoms with E-state index in [9.17, 15) is 8.78 Å². The van der Waals surface area contributed by atoms with Gasteiger partial charge in [0.1, 0.15) is 11.6 Å². The first-order chi connectivity index (χ1) is 10.0. The van der Waals surface area contributed by atoms with Gasteiger partial charge in [0, 0.05) is 12.6 Å². The third kappa shape index (κ3) is 2.84. The number of aryl methyl sites for hydroxylation is 2. The highest BCUT2D eigenvalue weighted by Crippen LogP contribution is 2.23. The lowest BCUT2D eigenvalue weighted by Gasteiger charge is -2.05. The number of hydrogen-bond acceptors (Lipinski definition) is 1. The van der Waals surface area contributed by atoms with Crippen LogP contribution in [0.2, 0.25) is 5.02 Å². The maximum atomic E-state index is 13.6. The number of rotatable bonds is 3. The van der Waals surface area contributed by atoms with Crippen LogP contribution in [0, 0.1) is 16.4 Å². The molecule has 108 valence electrons. The second-order valence-electron chi connectivity index (χ2n) is 4.74. The van der Waals surface area contributed by atoms with Crippen LogP contribution in [0.15, 0.2) is 36.4 Å². The van der Waals surface area contributed by atoms with Crippen LogP contribution in [0.4, 0.5) is 8.78 Å². The molecule has 0 unspecified atom stereocenters. The molecule has 0 fully saturated rings. The number of imidazole rings is 1. The van der Waals surface area contributed by atoms with E-state index in [1.807, 2.05) is 4.57 Å². The molecule has 0 atom stereocenters. The molecule has 2 aromatic carbocycles. The fraction of sp³-hybridized carbons (Fsp3) is 0.133. The lowest BCUT2D eigenvalue weighted by molar-refractivity contribution is 0.624. The fourth-order valence-electron chi connectivity index (χ4n) is 2.27. The van der Waals surface area contributed by atoms with Crippen LogP contribution < -0.4 is 0 Å². The van der Waals surface area contributed by atoms with Crippen molar-refractivity contribution in [2.45, 2.75) is 13.0 Å². The van der Waals surface area contributed by atoms with E-state index in [0.717, 1.165) is 5.56 Å². The predicted molar refractivity (Wildman–Crippen MR) is 82.2 cm³/mol. The van der Waals surface area contributed by atoms with Crippen LogP contribution in [-0.4, -0.2) is 9.55 Å². The van der Waals surface area contributed by atoms with E-state index in [-0.39, 0.29) is 10.8 Å². The number of halogens is 3. The number of fused-ring (bicyclic) bond motifs is 1. The number of aromatic amines is 1. The highest BCUT2D eigenvalue weighted by atomic mass is 35.5. The molecule has 0 aliphatic rings. The third-order valence-electron chi connectivity index (χ3n) is 3.35. The van der Waals surface area contributed by atoms with Gasteiger partial charge in [-0.1, -0.05) is 23.7 Å². The third-order valence-corrected chi connectivity index (χ3v) is 3.97. The summed E-state index contributed by atoms with van der Waals surface area (Å²) in [6.07, 6.45) is 0.672. The molecule has 0 saturated heterocycles. The molecule has 2 nitrogen and oxygen atoms in total. The topological polar surface area (TPSA) is 20.7 Å². The first kappa shape index (κ1) is 14.2. The molecule has 0 amide bonds. The normalized spacial score (nSPS) is 11.2. The second kappa shape index (κ2) is 5.58. The summed E-state index contributed by atoms with van der Waals surface area (Å²) >= 11 is 11.0. The summed E-state index contributed by atoms with van der Waals surface area (Å²) in [5, 5.41) is 0.0597. The van der Waals surface area contributed by atoms with E-state index in [2.05, 4.69) is 4.98 Å². The van der Waals surface area contributed by atoms with Crippen molar-refractivity contribution in [2.75, 3.05) is 0 Å². The van der Waals surface area contributed by atoms with Gasteiger partial charge < -0.3 is 9.55 Å². The lowest BCUT2D eigenvalue weighted by Crippen LogP contribution is -2.01. The number of nitrogens with one attached hydrogen (secondary N) is 1. The maximum absolute atomic E-state index is 13.6.